The Labute approximate surface area is 109 Å². The molecule has 0 bridgehead atoms. The van der Waals surface area contributed by atoms with Gasteiger partial charge in [0.1, 0.15) is 0 Å². The number of carbonyl (C=O) groups is 2. The molecule has 1 atom stereocenters. The minimum atomic E-state index is -0.556. The summed E-state index contributed by atoms with van der Waals surface area (Å²) in [7, 11) is 0. The van der Waals surface area contributed by atoms with Gasteiger partial charge in [-0.3, -0.25) is 9.59 Å². The van der Waals surface area contributed by atoms with Crippen molar-refractivity contribution in [3.05, 3.63) is 0 Å². The van der Waals surface area contributed by atoms with E-state index in [1.807, 2.05) is 34.6 Å². The summed E-state index contributed by atoms with van der Waals surface area (Å²) in [5, 5.41) is 14.6. The molecule has 3 N–H and O–H groups in total. The molecule has 0 aromatic rings. The highest BCUT2D eigenvalue weighted by atomic mass is 16.3. The van der Waals surface area contributed by atoms with E-state index in [-0.39, 0.29) is 36.2 Å². The number of nitrogens with one attached hydrogen (secondary N) is 2. The average Bonchev–Trinajstić information content (AvgIpc) is 2.20. The van der Waals surface area contributed by atoms with Gasteiger partial charge in [-0.2, -0.15) is 0 Å². The zero-order chi connectivity index (χ0) is 14.3. The number of rotatable bonds is 6. The summed E-state index contributed by atoms with van der Waals surface area (Å²) < 4.78 is 0. The molecule has 5 nitrogen and oxygen atoms in total. The standard InChI is InChI=1S/C13H26N2O3/c1-9(2)10(16)7-14-12(18)8-15-11(17)6-13(3,4)5/h9-10,16H,6-8H2,1-5H3,(H,14,18)(H,15,17). The van der Waals surface area contributed by atoms with Crippen LogP contribution in [0.15, 0.2) is 0 Å². The van der Waals surface area contributed by atoms with E-state index in [9.17, 15) is 14.7 Å². The lowest BCUT2D eigenvalue weighted by Gasteiger charge is -2.18. The molecule has 0 saturated heterocycles. The van der Waals surface area contributed by atoms with Crippen molar-refractivity contribution < 1.29 is 14.7 Å². The summed E-state index contributed by atoms with van der Waals surface area (Å²) in [4.78, 5) is 22.9. The Morgan fingerprint density at radius 2 is 1.67 bits per heavy atom. The second-order valence-corrected chi connectivity index (χ2v) is 6.13. The first-order chi connectivity index (χ1) is 8.11. The van der Waals surface area contributed by atoms with Gasteiger partial charge in [0.25, 0.3) is 0 Å². The van der Waals surface area contributed by atoms with Crippen LogP contribution < -0.4 is 10.6 Å². The minimum Gasteiger partial charge on any atom is -0.391 e. The number of aliphatic hydroxyl groups is 1. The molecule has 0 aliphatic carbocycles. The van der Waals surface area contributed by atoms with Crippen molar-refractivity contribution in [2.75, 3.05) is 13.1 Å². The summed E-state index contributed by atoms with van der Waals surface area (Å²) in [6.07, 6.45) is -0.172. The van der Waals surface area contributed by atoms with E-state index in [1.165, 1.54) is 0 Å². The third-order valence-electron chi connectivity index (χ3n) is 2.41. The van der Waals surface area contributed by atoms with Gasteiger partial charge in [-0.1, -0.05) is 34.6 Å². The van der Waals surface area contributed by atoms with E-state index < -0.39 is 6.10 Å². The predicted octanol–water partition coefficient (Wildman–Crippen LogP) is 0.672. The van der Waals surface area contributed by atoms with E-state index in [1.54, 1.807) is 0 Å². The van der Waals surface area contributed by atoms with Gasteiger partial charge in [0.05, 0.1) is 12.6 Å². The molecule has 106 valence electrons. The van der Waals surface area contributed by atoms with Gasteiger partial charge in [0.15, 0.2) is 0 Å². The molecule has 1 unspecified atom stereocenters. The van der Waals surface area contributed by atoms with Gasteiger partial charge in [-0.05, 0) is 11.3 Å². The normalized spacial score (nSPS) is 13.3. The van der Waals surface area contributed by atoms with Crippen molar-refractivity contribution in [2.24, 2.45) is 11.3 Å². The Hall–Kier alpha value is -1.10. The third kappa shape index (κ3) is 8.98. The zero-order valence-electron chi connectivity index (χ0n) is 12.0. The Balaban J connectivity index is 3.81. The zero-order valence-corrected chi connectivity index (χ0v) is 12.0. The summed E-state index contributed by atoms with van der Waals surface area (Å²) in [6, 6.07) is 0. The lowest BCUT2D eigenvalue weighted by molar-refractivity contribution is -0.127. The van der Waals surface area contributed by atoms with Crippen LogP contribution in [0.25, 0.3) is 0 Å². The molecule has 0 aromatic heterocycles. The predicted molar refractivity (Wildman–Crippen MR) is 70.9 cm³/mol. The molecule has 0 aromatic carbocycles. The van der Waals surface area contributed by atoms with Crippen molar-refractivity contribution in [1.29, 1.82) is 0 Å². The summed E-state index contributed by atoms with van der Waals surface area (Å²) >= 11 is 0. The number of aliphatic hydroxyl groups excluding tert-OH is 1. The summed E-state index contributed by atoms with van der Waals surface area (Å²) in [5.74, 6) is -0.320. The van der Waals surface area contributed by atoms with Crippen molar-refractivity contribution in [1.82, 2.24) is 10.6 Å². The van der Waals surface area contributed by atoms with Gasteiger partial charge in [0.2, 0.25) is 11.8 Å². The molecule has 0 spiro atoms. The van der Waals surface area contributed by atoms with Crippen molar-refractivity contribution >= 4 is 11.8 Å². The maximum absolute atomic E-state index is 11.5. The third-order valence-corrected chi connectivity index (χ3v) is 2.41. The SMILES string of the molecule is CC(C)C(O)CNC(=O)CNC(=O)CC(C)(C)C. The Morgan fingerprint density at radius 3 is 2.11 bits per heavy atom. The van der Waals surface area contributed by atoms with Crippen molar-refractivity contribution in [2.45, 2.75) is 47.1 Å². The molecule has 5 heteroatoms. The number of amides is 2. The fourth-order valence-corrected chi connectivity index (χ4v) is 1.24. The lowest BCUT2D eigenvalue weighted by atomic mass is 9.92. The van der Waals surface area contributed by atoms with Crippen LogP contribution in [0.4, 0.5) is 0 Å². The van der Waals surface area contributed by atoms with E-state index in [0.29, 0.717) is 6.42 Å². The molecule has 0 aliphatic heterocycles. The van der Waals surface area contributed by atoms with Crippen LogP contribution in [0.1, 0.15) is 41.0 Å². The maximum atomic E-state index is 11.5. The molecule has 0 radical (unpaired) electrons. The lowest BCUT2D eigenvalue weighted by Crippen LogP contribution is -2.41. The van der Waals surface area contributed by atoms with Gasteiger partial charge < -0.3 is 15.7 Å². The fourth-order valence-electron chi connectivity index (χ4n) is 1.24. The maximum Gasteiger partial charge on any atom is 0.239 e. The molecule has 0 rings (SSSR count). The van der Waals surface area contributed by atoms with E-state index >= 15 is 0 Å². The van der Waals surface area contributed by atoms with E-state index in [4.69, 9.17) is 0 Å². The highest BCUT2D eigenvalue weighted by Gasteiger charge is 2.16. The minimum absolute atomic E-state index is 0.0419. The number of hydrogen-bond donors (Lipinski definition) is 3. The quantitative estimate of drug-likeness (QED) is 0.655. The van der Waals surface area contributed by atoms with Gasteiger partial charge in [0, 0.05) is 13.0 Å². The first-order valence-corrected chi connectivity index (χ1v) is 6.33. The monoisotopic (exact) mass is 258 g/mol. The molecular weight excluding hydrogens is 232 g/mol. The second kappa shape index (κ2) is 7.36. The van der Waals surface area contributed by atoms with Crippen LogP contribution in [0.5, 0.6) is 0 Å². The Kier molecular flexibility index (Phi) is 6.91. The Morgan fingerprint density at radius 1 is 1.11 bits per heavy atom. The molecule has 0 saturated carbocycles. The Bertz CT molecular complexity index is 282. The molecule has 2 amide bonds. The first-order valence-electron chi connectivity index (χ1n) is 6.33. The van der Waals surface area contributed by atoms with E-state index in [0.717, 1.165) is 0 Å². The average molecular weight is 258 g/mol. The highest BCUT2D eigenvalue weighted by molar-refractivity contribution is 5.84. The fraction of sp³-hybridized carbons (Fsp3) is 0.846. The second-order valence-electron chi connectivity index (χ2n) is 6.13. The van der Waals surface area contributed by atoms with Crippen molar-refractivity contribution in [3.8, 4) is 0 Å². The molecular formula is C13H26N2O3. The van der Waals surface area contributed by atoms with Gasteiger partial charge in [-0.15, -0.1) is 0 Å². The molecule has 0 aliphatic rings. The number of hydrogen-bond acceptors (Lipinski definition) is 3. The van der Waals surface area contributed by atoms with Crippen LogP contribution in [0, 0.1) is 11.3 Å². The van der Waals surface area contributed by atoms with Crippen molar-refractivity contribution in [3.63, 3.8) is 0 Å². The van der Waals surface area contributed by atoms with E-state index in [2.05, 4.69) is 10.6 Å². The molecule has 0 heterocycles. The van der Waals surface area contributed by atoms with Gasteiger partial charge in [-0.25, -0.2) is 0 Å². The van der Waals surface area contributed by atoms with Gasteiger partial charge >= 0.3 is 0 Å². The van der Waals surface area contributed by atoms with Crippen LogP contribution >= 0.6 is 0 Å². The summed E-state index contributed by atoms with van der Waals surface area (Å²) in [6.45, 7) is 9.82. The molecule has 0 fully saturated rings. The van der Waals surface area contributed by atoms with Crippen LogP contribution in [-0.2, 0) is 9.59 Å². The van der Waals surface area contributed by atoms with Crippen LogP contribution in [-0.4, -0.2) is 36.1 Å². The largest absolute Gasteiger partial charge is 0.391 e. The van der Waals surface area contributed by atoms with Crippen LogP contribution in [0.3, 0.4) is 0 Å². The first kappa shape index (κ1) is 16.9. The topological polar surface area (TPSA) is 78.4 Å². The molecule has 18 heavy (non-hydrogen) atoms. The summed E-state index contributed by atoms with van der Waals surface area (Å²) in [5.41, 5.74) is -0.0889. The smallest absolute Gasteiger partial charge is 0.239 e. The highest BCUT2D eigenvalue weighted by Crippen LogP contribution is 2.17. The number of carbonyl (C=O) groups excluding carboxylic acids is 2. The van der Waals surface area contributed by atoms with Crippen LogP contribution in [0.2, 0.25) is 0 Å².